The van der Waals surface area contributed by atoms with Gasteiger partial charge in [0.25, 0.3) is 0 Å². The molecular formula is C23H35ClN2O4. The number of benzene rings is 1. The molecule has 2 rings (SSSR count). The van der Waals surface area contributed by atoms with Crippen LogP contribution in [0.25, 0.3) is 0 Å². The Hall–Kier alpha value is -1.79. The monoisotopic (exact) mass is 438 g/mol. The van der Waals surface area contributed by atoms with Gasteiger partial charge in [-0.2, -0.15) is 0 Å². The molecule has 0 aliphatic carbocycles. The van der Waals surface area contributed by atoms with Gasteiger partial charge in [0.2, 0.25) is 5.91 Å². The second-order valence-corrected chi connectivity index (χ2v) is 10.7. The Kier molecular flexibility index (Phi) is 6.84. The number of carbonyl (C=O) groups excluding carboxylic acids is 1. The van der Waals surface area contributed by atoms with E-state index >= 15 is 0 Å². The van der Waals surface area contributed by atoms with Gasteiger partial charge in [-0.3, -0.25) is 9.69 Å². The molecule has 2 N–H and O–H groups in total. The van der Waals surface area contributed by atoms with Gasteiger partial charge in [0, 0.05) is 29.1 Å². The second-order valence-electron chi connectivity index (χ2n) is 10.3. The van der Waals surface area contributed by atoms with Gasteiger partial charge in [0.05, 0.1) is 5.60 Å². The third kappa shape index (κ3) is 4.59. The Morgan fingerprint density at radius 3 is 2.10 bits per heavy atom. The minimum Gasteiger partial charge on any atom is -0.465 e. The molecule has 2 atom stereocenters. The van der Waals surface area contributed by atoms with Gasteiger partial charge in [0.15, 0.2) is 0 Å². The van der Waals surface area contributed by atoms with Crippen LogP contribution in [-0.4, -0.2) is 56.7 Å². The Labute approximate surface area is 184 Å². The summed E-state index contributed by atoms with van der Waals surface area (Å²) in [5, 5.41) is 22.0. The Bertz CT molecular complexity index is 785. The summed E-state index contributed by atoms with van der Waals surface area (Å²) in [6.07, 6.45) is -0.746. The number of hydrogen-bond acceptors (Lipinski definition) is 3. The molecule has 1 fully saturated rings. The van der Waals surface area contributed by atoms with E-state index in [2.05, 4.69) is 0 Å². The molecular weight excluding hydrogens is 404 g/mol. The van der Waals surface area contributed by atoms with Gasteiger partial charge < -0.3 is 15.1 Å². The maximum atomic E-state index is 13.5. The quantitative estimate of drug-likeness (QED) is 0.720. The number of halogens is 1. The summed E-state index contributed by atoms with van der Waals surface area (Å²) in [6, 6.07) is 6.37. The number of carboxylic acid groups (broad SMARTS) is 1. The second kappa shape index (κ2) is 8.39. The van der Waals surface area contributed by atoms with Crippen LogP contribution in [0, 0.1) is 11.3 Å². The van der Waals surface area contributed by atoms with E-state index < -0.39 is 28.7 Å². The van der Waals surface area contributed by atoms with Gasteiger partial charge >= 0.3 is 6.09 Å². The van der Waals surface area contributed by atoms with Crippen LogP contribution in [0.3, 0.4) is 0 Å². The number of rotatable bonds is 4. The minimum atomic E-state index is -1.11. The number of amides is 2. The van der Waals surface area contributed by atoms with Gasteiger partial charge in [-0.25, -0.2) is 4.79 Å². The average Bonchev–Trinajstić information content (AvgIpc) is 2.60. The third-order valence-corrected chi connectivity index (χ3v) is 6.43. The van der Waals surface area contributed by atoms with Crippen LogP contribution in [-0.2, 0) is 10.4 Å². The highest BCUT2D eigenvalue weighted by molar-refractivity contribution is 6.30. The number of aliphatic hydroxyl groups is 1. The fourth-order valence-corrected chi connectivity index (χ4v) is 4.60. The fraction of sp³-hybridized carbons (Fsp3) is 0.652. The molecule has 0 radical (unpaired) electrons. The summed E-state index contributed by atoms with van der Waals surface area (Å²) in [5.74, 6) is -0.401. The number of piperidine rings is 1. The van der Waals surface area contributed by atoms with Crippen molar-refractivity contribution in [3.05, 3.63) is 34.9 Å². The van der Waals surface area contributed by atoms with Crippen molar-refractivity contribution in [2.45, 2.75) is 72.1 Å². The summed E-state index contributed by atoms with van der Waals surface area (Å²) < 4.78 is 0. The lowest BCUT2D eigenvalue weighted by atomic mass is 9.66. The molecule has 2 amide bonds. The molecule has 1 heterocycles. The average molecular weight is 439 g/mol. The summed E-state index contributed by atoms with van der Waals surface area (Å²) in [4.78, 5) is 28.5. The number of carbonyl (C=O) groups is 2. The molecule has 6 nitrogen and oxygen atoms in total. The largest absolute Gasteiger partial charge is 0.465 e. The predicted molar refractivity (Wildman–Crippen MR) is 119 cm³/mol. The SMILES string of the molecule is CC(C)[C@H](C(=O)N1CC[C@](O)(c2ccc(Cl)cc2)C(C)(C)C1)N(C(=O)O)C(C)(C)C. The normalized spacial score (nSPS) is 22.7. The van der Waals surface area contributed by atoms with E-state index in [1.807, 2.05) is 39.8 Å². The van der Waals surface area contributed by atoms with Crippen LogP contribution in [0.15, 0.2) is 24.3 Å². The lowest BCUT2D eigenvalue weighted by molar-refractivity contribution is -0.160. The van der Waals surface area contributed by atoms with E-state index in [9.17, 15) is 19.8 Å². The smallest absolute Gasteiger partial charge is 0.408 e. The molecule has 0 bridgehead atoms. The molecule has 0 aromatic heterocycles. The molecule has 1 aliphatic rings. The Morgan fingerprint density at radius 1 is 1.17 bits per heavy atom. The van der Waals surface area contributed by atoms with E-state index in [-0.39, 0.29) is 11.8 Å². The summed E-state index contributed by atoms with van der Waals surface area (Å²) >= 11 is 6.00. The molecule has 1 aromatic carbocycles. The molecule has 1 saturated heterocycles. The van der Waals surface area contributed by atoms with Gasteiger partial charge in [-0.1, -0.05) is 51.4 Å². The zero-order valence-electron chi connectivity index (χ0n) is 19.1. The first kappa shape index (κ1) is 24.5. The number of hydrogen-bond donors (Lipinski definition) is 2. The predicted octanol–water partition coefficient (Wildman–Crippen LogP) is 4.59. The van der Waals surface area contributed by atoms with E-state index in [4.69, 9.17) is 11.6 Å². The minimum absolute atomic E-state index is 0.187. The van der Waals surface area contributed by atoms with Crippen molar-refractivity contribution in [3.8, 4) is 0 Å². The lowest BCUT2D eigenvalue weighted by Gasteiger charge is -2.52. The van der Waals surface area contributed by atoms with Gasteiger partial charge in [-0.15, -0.1) is 0 Å². The molecule has 168 valence electrons. The maximum absolute atomic E-state index is 13.5. The standard InChI is InChI=1S/C23H35ClN2O4/c1-15(2)18(26(20(28)29)21(3,4)5)19(27)25-13-12-23(30,22(6,7)14-25)16-8-10-17(24)11-9-16/h8-11,15,18,30H,12-14H2,1-7H3,(H,28,29)/t18-,23+/m1/s1. The van der Waals surface area contributed by atoms with Crippen LogP contribution < -0.4 is 0 Å². The fourth-order valence-electron chi connectivity index (χ4n) is 4.47. The molecule has 1 aromatic rings. The highest BCUT2D eigenvalue weighted by atomic mass is 35.5. The zero-order valence-corrected chi connectivity index (χ0v) is 19.8. The van der Waals surface area contributed by atoms with Crippen molar-refractivity contribution >= 4 is 23.6 Å². The molecule has 0 spiro atoms. The van der Waals surface area contributed by atoms with Gasteiger partial charge in [-0.05, 0) is 50.8 Å². The van der Waals surface area contributed by atoms with Crippen molar-refractivity contribution in [3.63, 3.8) is 0 Å². The van der Waals surface area contributed by atoms with E-state index in [0.717, 1.165) is 5.56 Å². The van der Waals surface area contributed by atoms with Crippen LogP contribution in [0.5, 0.6) is 0 Å². The maximum Gasteiger partial charge on any atom is 0.408 e. The van der Waals surface area contributed by atoms with Crippen molar-refractivity contribution in [1.82, 2.24) is 9.80 Å². The summed E-state index contributed by atoms with van der Waals surface area (Å²) in [6.45, 7) is 13.7. The van der Waals surface area contributed by atoms with E-state index in [0.29, 0.717) is 24.5 Å². The first-order valence-corrected chi connectivity index (χ1v) is 10.8. The topological polar surface area (TPSA) is 81.1 Å². The van der Waals surface area contributed by atoms with E-state index in [1.54, 1.807) is 37.8 Å². The van der Waals surface area contributed by atoms with Crippen molar-refractivity contribution in [2.24, 2.45) is 11.3 Å². The zero-order chi connectivity index (χ0) is 23.1. The highest BCUT2D eigenvalue weighted by Crippen LogP contribution is 2.46. The molecule has 1 aliphatic heterocycles. The van der Waals surface area contributed by atoms with E-state index in [1.165, 1.54) is 4.90 Å². The Balaban J connectivity index is 2.34. The molecule has 0 unspecified atom stereocenters. The molecule has 0 saturated carbocycles. The summed E-state index contributed by atoms with van der Waals surface area (Å²) in [7, 11) is 0. The van der Waals surface area contributed by atoms with Crippen molar-refractivity contribution < 1.29 is 19.8 Å². The number of nitrogens with zero attached hydrogens (tertiary/aromatic N) is 2. The highest BCUT2D eigenvalue weighted by Gasteiger charge is 2.51. The van der Waals surface area contributed by atoms with Crippen LogP contribution in [0.1, 0.15) is 60.5 Å². The van der Waals surface area contributed by atoms with Crippen LogP contribution in [0.4, 0.5) is 4.79 Å². The van der Waals surface area contributed by atoms with Gasteiger partial charge in [0.1, 0.15) is 6.04 Å². The summed E-state index contributed by atoms with van der Waals surface area (Å²) in [5.41, 5.74) is -1.69. The molecule has 7 heteroatoms. The first-order valence-electron chi connectivity index (χ1n) is 10.4. The Morgan fingerprint density at radius 2 is 1.70 bits per heavy atom. The lowest BCUT2D eigenvalue weighted by Crippen LogP contribution is -2.63. The van der Waals surface area contributed by atoms with Crippen molar-refractivity contribution in [1.29, 1.82) is 0 Å². The van der Waals surface area contributed by atoms with Crippen LogP contribution >= 0.6 is 11.6 Å². The first-order chi connectivity index (χ1) is 13.6. The third-order valence-electron chi connectivity index (χ3n) is 6.17. The number of likely N-dealkylation sites (tertiary alicyclic amines) is 1. The van der Waals surface area contributed by atoms with Crippen LogP contribution in [0.2, 0.25) is 5.02 Å². The van der Waals surface area contributed by atoms with Crippen molar-refractivity contribution in [2.75, 3.05) is 13.1 Å². The molecule has 30 heavy (non-hydrogen) atoms.